The second kappa shape index (κ2) is 10.3. The average molecular weight is 412 g/mol. The van der Waals surface area contributed by atoms with Crippen LogP contribution >= 0.6 is 11.8 Å². The molecule has 0 aliphatic rings. The maximum absolute atomic E-state index is 12.2. The summed E-state index contributed by atoms with van der Waals surface area (Å²) < 4.78 is 10.9. The molecule has 2 amide bonds. The zero-order valence-electron chi connectivity index (χ0n) is 15.8. The van der Waals surface area contributed by atoms with E-state index in [9.17, 15) is 9.59 Å². The molecule has 0 bridgehead atoms. The third-order valence-electron chi connectivity index (χ3n) is 3.67. The van der Waals surface area contributed by atoms with Gasteiger partial charge in [-0.15, -0.1) is 10.2 Å². The molecule has 1 aromatic heterocycles. The maximum Gasteiger partial charge on any atom is 0.277 e. The van der Waals surface area contributed by atoms with Crippen molar-refractivity contribution in [3.8, 4) is 5.75 Å². The van der Waals surface area contributed by atoms with Crippen molar-refractivity contribution in [3.05, 3.63) is 66.1 Å². The number of hydrogen-bond donors (Lipinski definition) is 2. The number of anilines is 1. The second-order valence-electron chi connectivity index (χ2n) is 5.78. The lowest BCUT2D eigenvalue weighted by molar-refractivity contribution is -0.113. The van der Waals surface area contributed by atoms with Gasteiger partial charge in [0.05, 0.1) is 24.6 Å². The van der Waals surface area contributed by atoms with Gasteiger partial charge in [0.1, 0.15) is 5.75 Å². The Morgan fingerprint density at radius 1 is 1.07 bits per heavy atom. The molecule has 0 fully saturated rings. The lowest BCUT2D eigenvalue weighted by atomic mass is 10.2. The van der Waals surface area contributed by atoms with Crippen molar-refractivity contribution in [2.75, 3.05) is 17.7 Å². The number of carbonyl (C=O) groups is 2. The number of benzene rings is 2. The van der Waals surface area contributed by atoms with Crippen LogP contribution in [0.4, 0.5) is 5.69 Å². The van der Waals surface area contributed by atoms with Gasteiger partial charge in [-0.1, -0.05) is 42.1 Å². The van der Waals surface area contributed by atoms with E-state index in [0.717, 1.165) is 11.8 Å². The first-order chi connectivity index (χ1) is 14.2. The topological polar surface area (TPSA) is 106 Å². The first kappa shape index (κ1) is 20.4. The summed E-state index contributed by atoms with van der Waals surface area (Å²) in [5.74, 6) is 0.518. The first-order valence-electron chi connectivity index (χ1n) is 8.96. The van der Waals surface area contributed by atoms with Crippen LogP contribution in [0.5, 0.6) is 5.75 Å². The summed E-state index contributed by atoms with van der Waals surface area (Å²) in [6, 6.07) is 16.1. The zero-order chi connectivity index (χ0) is 20.5. The van der Waals surface area contributed by atoms with Crippen molar-refractivity contribution in [3.63, 3.8) is 0 Å². The summed E-state index contributed by atoms with van der Waals surface area (Å²) in [6.45, 7) is 2.49. The molecule has 1 heterocycles. The monoisotopic (exact) mass is 412 g/mol. The Labute approximate surface area is 172 Å². The smallest absolute Gasteiger partial charge is 0.277 e. The molecule has 0 spiro atoms. The minimum atomic E-state index is -0.231. The summed E-state index contributed by atoms with van der Waals surface area (Å²) in [7, 11) is 0. The third kappa shape index (κ3) is 6.08. The van der Waals surface area contributed by atoms with Crippen LogP contribution in [0.2, 0.25) is 0 Å². The molecule has 3 rings (SSSR count). The molecule has 2 aromatic carbocycles. The van der Waals surface area contributed by atoms with Gasteiger partial charge in [-0.25, -0.2) is 0 Å². The normalized spacial score (nSPS) is 10.4. The predicted molar refractivity (Wildman–Crippen MR) is 109 cm³/mol. The molecule has 9 heteroatoms. The van der Waals surface area contributed by atoms with E-state index in [1.165, 1.54) is 0 Å². The average Bonchev–Trinajstić information content (AvgIpc) is 3.21. The van der Waals surface area contributed by atoms with Crippen molar-refractivity contribution in [1.29, 1.82) is 0 Å². The Hall–Kier alpha value is -3.33. The lowest BCUT2D eigenvalue weighted by Gasteiger charge is -2.10. The summed E-state index contributed by atoms with van der Waals surface area (Å²) in [6.07, 6.45) is 0. The molecular formula is C20H20N4O4S. The van der Waals surface area contributed by atoms with Crippen LogP contribution < -0.4 is 15.4 Å². The van der Waals surface area contributed by atoms with Gasteiger partial charge in [0.15, 0.2) is 0 Å². The van der Waals surface area contributed by atoms with E-state index in [2.05, 4.69) is 20.8 Å². The van der Waals surface area contributed by atoms with Gasteiger partial charge in [0.25, 0.3) is 11.1 Å². The van der Waals surface area contributed by atoms with Crippen LogP contribution in [-0.4, -0.2) is 34.4 Å². The van der Waals surface area contributed by atoms with E-state index in [0.29, 0.717) is 23.6 Å². The number of ether oxygens (including phenoxy) is 1. The molecule has 0 aliphatic heterocycles. The molecule has 8 nitrogen and oxygen atoms in total. The number of para-hydroxylation sites is 2. The number of rotatable bonds is 9. The van der Waals surface area contributed by atoms with Gasteiger partial charge in [-0.3, -0.25) is 9.59 Å². The molecule has 0 unspecified atom stereocenters. The van der Waals surface area contributed by atoms with E-state index in [-0.39, 0.29) is 35.2 Å². The van der Waals surface area contributed by atoms with Crippen LogP contribution in [0.3, 0.4) is 0 Å². The van der Waals surface area contributed by atoms with E-state index < -0.39 is 0 Å². The molecule has 0 atom stereocenters. The summed E-state index contributed by atoms with van der Waals surface area (Å²) >= 11 is 1.11. The Bertz CT molecular complexity index is 962. The van der Waals surface area contributed by atoms with Crippen LogP contribution in [0.15, 0.2) is 64.2 Å². The largest absolute Gasteiger partial charge is 0.492 e. The van der Waals surface area contributed by atoms with Crippen molar-refractivity contribution in [2.24, 2.45) is 0 Å². The predicted octanol–water partition coefficient (Wildman–Crippen LogP) is 3.13. The van der Waals surface area contributed by atoms with E-state index in [1.807, 2.05) is 25.1 Å². The zero-order valence-corrected chi connectivity index (χ0v) is 16.6. The molecule has 3 aromatic rings. The van der Waals surface area contributed by atoms with E-state index in [1.54, 1.807) is 36.4 Å². The minimum absolute atomic E-state index is 0.0957. The third-order valence-corrected chi connectivity index (χ3v) is 4.49. The van der Waals surface area contributed by atoms with Gasteiger partial charge in [0, 0.05) is 5.56 Å². The SMILES string of the molecule is CCOc1ccccc1NC(=O)CSc1nnc(CNC(=O)c2ccccc2)o1. The van der Waals surface area contributed by atoms with Gasteiger partial charge in [0.2, 0.25) is 11.8 Å². The van der Waals surface area contributed by atoms with E-state index in [4.69, 9.17) is 9.15 Å². The molecule has 0 saturated carbocycles. The quantitative estimate of drug-likeness (QED) is 0.520. The Morgan fingerprint density at radius 2 is 1.83 bits per heavy atom. The minimum Gasteiger partial charge on any atom is -0.492 e. The number of nitrogens with zero attached hydrogens (tertiary/aromatic N) is 2. The van der Waals surface area contributed by atoms with Crippen molar-refractivity contribution in [2.45, 2.75) is 18.7 Å². The van der Waals surface area contributed by atoms with Crippen molar-refractivity contribution >= 4 is 29.3 Å². The van der Waals surface area contributed by atoms with Gasteiger partial charge >= 0.3 is 0 Å². The van der Waals surface area contributed by atoms with Crippen molar-refractivity contribution in [1.82, 2.24) is 15.5 Å². The first-order valence-corrected chi connectivity index (χ1v) is 9.94. The number of aromatic nitrogens is 2. The summed E-state index contributed by atoms with van der Waals surface area (Å²) in [5, 5.41) is 13.5. The standard InChI is InChI=1S/C20H20N4O4S/c1-2-27-16-11-7-6-10-15(16)22-17(25)13-29-20-24-23-18(28-20)12-21-19(26)14-8-4-3-5-9-14/h3-11H,2,12-13H2,1H3,(H,21,26)(H,22,25). The number of amides is 2. The Morgan fingerprint density at radius 3 is 2.62 bits per heavy atom. The Kier molecular flexibility index (Phi) is 7.23. The summed E-state index contributed by atoms with van der Waals surface area (Å²) in [4.78, 5) is 24.2. The second-order valence-corrected chi connectivity index (χ2v) is 6.70. The highest BCUT2D eigenvalue weighted by molar-refractivity contribution is 7.99. The number of nitrogens with one attached hydrogen (secondary N) is 2. The highest BCUT2D eigenvalue weighted by Gasteiger charge is 2.13. The molecule has 0 saturated heterocycles. The summed E-state index contributed by atoms with van der Waals surface area (Å²) in [5.41, 5.74) is 1.15. The molecule has 29 heavy (non-hydrogen) atoms. The van der Waals surface area contributed by atoms with Crippen LogP contribution in [0, 0.1) is 0 Å². The van der Waals surface area contributed by atoms with Crippen LogP contribution in [-0.2, 0) is 11.3 Å². The number of carbonyl (C=O) groups excluding carboxylic acids is 2. The van der Waals surface area contributed by atoms with Crippen LogP contribution in [0.25, 0.3) is 0 Å². The molecule has 0 aliphatic carbocycles. The fourth-order valence-electron chi connectivity index (χ4n) is 2.38. The molecule has 150 valence electrons. The highest BCUT2D eigenvalue weighted by Crippen LogP contribution is 2.24. The van der Waals surface area contributed by atoms with E-state index >= 15 is 0 Å². The van der Waals surface area contributed by atoms with Crippen LogP contribution in [0.1, 0.15) is 23.2 Å². The molecule has 0 radical (unpaired) electrons. The van der Waals surface area contributed by atoms with Crippen molar-refractivity contribution < 1.29 is 18.7 Å². The maximum atomic E-state index is 12.2. The lowest BCUT2D eigenvalue weighted by Crippen LogP contribution is -2.22. The van der Waals surface area contributed by atoms with Gasteiger partial charge in [-0.2, -0.15) is 0 Å². The molecule has 2 N–H and O–H groups in total. The fourth-order valence-corrected chi connectivity index (χ4v) is 2.96. The fraction of sp³-hybridized carbons (Fsp3) is 0.200. The van der Waals surface area contributed by atoms with Gasteiger partial charge < -0.3 is 19.8 Å². The van der Waals surface area contributed by atoms with Gasteiger partial charge in [-0.05, 0) is 31.2 Å². The highest BCUT2D eigenvalue weighted by atomic mass is 32.2. The Balaban J connectivity index is 1.47. The number of thioether (sulfide) groups is 1. The molecular weight excluding hydrogens is 392 g/mol. The number of hydrogen-bond acceptors (Lipinski definition) is 7.